The van der Waals surface area contributed by atoms with Crippen molar-refractivity contribution >= 4 is 5.91 Å². The van der Waals surface area contributed by atoms with Gasteiger partial charge in [0.2, 0.25) is 5.91 Å². The van der Waals surface area contributed by atoms with Gasteiger partial charge in [0.05, 0.1) is 12.5 Å². The molecule has 0 radical (unpaired) electrons. The smallest absolute Gasteiger partial charge is 0.224 e. The second-order valence-corrected chi connectivity index (χ2v) is 4.25. The zero-order valence-electron chi connectivity index (χ0n) is 11.2. The van der Waals surface area contributed by atoms with Crippen molar-refractivity contribution in [3.63, 3.8) is 0 Å². The van der Waals surface area contributed by atoms with E-state index >= 15 is 0 Å². The summed E-state index contributed by atoms with van der Waals surface area (Å²) in [4.78, 5) is 13.5. The number of carbonyl (C=O) groups is 1. The van der Waals surface area contributed by atoms with Crippen molar-refractivity contribution in [2.24, 2.45) is 5.73 Å². The van der Waals surface area contributed by atoms with Crippen LogP contribution in [0.5, 0.6) is 0 Å². The summed E-state index contributed by atoms with van der Waals surface area (Å²) in [5.41, 5.74) is 5.48. The molecule has 0 aliphatic carbocycles. The normalized spacial score (nSPS) is 12.2. The minimum atomic E-state index is -0.161. The fourth-order valence-corrected chi connectivity index (χ4v) is 1.55. The van der Waals surface area contributed by atoms with Gasteiger partial charge in [0.25, 0.3) is 0 Å². The van der Waals surface area contributed by atoms with Crippen LogP contribution in [-0.4, -0.2) is 44.2 Å². The van der Waals surface area contributed by atoms with Crippen molar-refractivity contribution in [1.29, 1.82) is 0 Å². The van der Waals surface area contributed by atoms with E-state index in [0.717, 1.165) is 32.2 Å². The SMILES string of the molecule is C=CCCCCCN(C)C(=O)CC(CN)OC. The summed E-state index contributed by atoms with van der Waals surface area (Å²) in [5.74, 6) is 0.103. The van der Waals surface area contributed by atoms with E-state index in [1.165, 1.54) is 0 Å². The first-order valence-electron chi connectivity index (χ1n) is 6.23. The monoisotopic (exact) mass is 242 g/mol. The molecule has 0 aliphatic heterocycles. The minimum absolute atomic E-state index is 0.103. The largest absolute Gasteiger partial charge is 0.380 e. The summed E-state index contributed by atoms with van der Waals surface area (Å²) < 4.78 is 5.09. The van der Waals surface area contributed by atoms with E-state index in [9.17, 15) is 4.79 Å². The Bertz CT molecular complexity index is 215. The number of hydrogen-bond donors (Lipinski definition) is 1. The number of ether oxygens (including phenoxy) is 1. The molecule has 2 N–H and O–H groups in total. The lowest BCUT2D eigenvalue weighted by Gasteiger charge is -2.20. The average Bonchev–Trinajstić information content (AvgIpc) is 2.35. The highest BCUT2D eigenvalue weighted by molar-refractivity contribution is 5.76. The summed E-state index contributed by atoms with van der Waals surface area (Å²) in [6.45, 7) is 4.87. The molecule has 4 heteroatoms. The van der Waals surface area contributed by atoms with Crippen LogP contribution in [0.2, 0.25) is 0 Å². The molecular weight excluding hydrogens is 216 g/mol. The number of nitrogens with two attached hydrogens (primary N) is 1. The van der Waals surface area contributed by atoms with Gasteiger partial charge in [-0.2, -0.15) is 0 Å². The van der Waals surface area contributed by atoms with Gasteiger partial charge in [-0.05, 0) is 19.3 Å². The third-order valence-corrected chi connectivity index (χ3v) is 2.83. The van der Waals surface area contributed by atoms with E-state index in [2.05, 4.69) is 6.58 Å². The number of methoxy groups -OCH3 is 1. The van der Waals surface area contributed by atoms with Gasteiger partial charge < -0.3 is 15.4 Å². The molecule has 0 heterocycles. The molecule has 4 nitrogen and oxygen atoms in total. The molecule has 17 heavy (non-hydrogen) atoms. The minimum Gasteiger partial charge on any atom is -0.380 e. The topological polar surface area (TPSA) is 55.6 Å². The molecule has 1 atom stereocenters. The Kier molecular flexibility index (Phi) is 9.77. The van der Waals surface area contributed by atoms with Crippen molar-refractivity contribution in [1.82, 2.24) is 4.90 Å². The van der Waals surface area contributed by atoms with Crippen molar-refractivity contribution in [2.45, 2.75) is 38.2 Å². The molecule has 0 fully saturated rings. The molecule has 0 aliphatic rings. The van der Waals surface area contributed by atoms with Gasteiger partial charge in [-0.3, -0.25) is 4.79 Å². The number of nitrogens with zero attached hydrogens (tertiary/aromatic N) is 1. The maximum absolute atomic E-state index is 11.8. The second-order valence-electron chi connectivity index (χ2n) is 4.25. The second kappa shape index (κ2) is 10.3. The maximum Gasteiger partial charge on any atom is 0.224 e. The first kappa shape index (κ1) is 16.1. The number of hydrogen-bond acceptors (Lipinski definition) is 3. The molecule has 0 bridgehead atoms. The summed E-state index contributed by atoms with van der Waals surface area (Å²) in [6.07, 6.45) is 6.51. The number of unbranched alkanes of at least 4 members (excludes halogenated alkanes) is 3. The molecule has 1 amide bonds. The quantitative estimate of drug-likeness (QED) is 0.467. The van der Waals surface area contributed by atoms with E-state index in [1.807, 2.05) is 13.1 Å². The first-order chi connectivity index (χ1) is 8.15. The molecule has 0 spiro atoms. The van der Waals surface area contributed by atoms with Crippen molar-refractivity contribution in [3.05, 3.63) is 12.7 Å². The van der Waals surface area contributed by atoms with Crippen LogP contribution in [0.25, 0.3) is 0 Å². The Morgan fingerprint density at radius 1 is 1.47 bits per heavy atom. The summed E-state index contributed by atoms with van der Waals surface area (Å²) in [7, 11) is 3.42. The van der Waals surface area contributed by atoms with E-state index < -0.39 is 0 Å². The van der Waals surface area contributed by atoms with Gasteiger partial charge in [0.1, 0.15) is 0 Å². The van der Waals surface area contributed by atoms with Crippen LogP contribution in [0.3, 0.4) is 0 Å². The zero-order chi connectivity index (χ0) is 13.1. The Labute approximate surface area is 105 Å². The van der Waals surface area contributed by atoms with Crippen LogP contribution in [-0.2, 0) is 9.53 Å². The fourth-order valence-electron chi connectivity index (χ4n) is 1.55. The standard InChI is InChI=1S/C13H26N2O2/c1-4-5-6-7-8-9-15(2)13(16)10-12(11-14)17-3/h4,12H,1,5-11,14H2,2-3H3. The molecule has 1 unspecified atom stereocenters. The summed E-state index contributed by atoms with van der Waals surface area (Å²) in [6, 6.07) is 0. The third-order valence-electron chi connectivity index (χ3n) is 2.83. The lowest BCUT2D eigenvalue weighted by atomic mass is 10.2. The molecule has 0 aromatic rings. The van der Waals surface area contributed by atoms with Crippen molar-refractivity contribution in [3.8, 4) is 0 Å². The van der Waals surface area contributed by atoms with Gasteiger partial charge in [-0.15, -0.1) is 6.58 Å². The predicted octanol–water partition coefficient (Wildman–Crippen LogP) is 1.56. The third kappa shape index (κ3) is 7.94. The lowest BCUT2D eigenvalue weighted by Crippen LogP contribution is -2.34. The van der Waals surface area contributed by atoms with Gasteiger partial charge in [-0.25, -0.2) is 0 Å². The molecule has 100 valence electrons. The average molecular weight is 242 g/mol. The van der Waals surface area contributed by atoms with E-state index in [0.29, 0.717) is 13.0 Å². The Hall–Kier alpha value is -0.870. The predicted molar refractivity (Wildman–Crippen MR) is 70.8 cm³/mol. The molecule has 0 rings (SSSR count). The van der Waals surface area contributed by atoms with Crippen LogP contribution in [0.15, 0.2) is 12.7 Å². The molecule has 0 saturated heterocycles. The number of rotatable bonds is 10. The summed E-state index contributed by atoms with van der Waals surface area (Å²) >= 11 is 0. The number of carbonyl (C=O) groups excluding carboxylic acids is 1. The highest BCUT2D eigenvalue weighted by Crippen LogP contribution is 2.04. The molecule has 0 aromatic heterocycles. The Balaban J connectivity index is 3.70. The molecule has 0 aromatic carbocycles. The van der Waals surface area contributed by atoms with E-state index in [-0.39, 0.29) is 12.0 Å². The lowest BCUT2D eigenvalue weighted by molar-refractivity contribution is -0.132. The highest BCUT2D eigenvalue weighted by Gasteiger charge is 2.14. The highest BCUT2D eigenvalue weighted by atomic mass is 16.5. The van der Waals surface area contributed by atoms with E-state index in [1.54, 1.807) is 12.0 Å². The fraction of sp³-hybridized carbons (Fsp3) is 0.769. The van der Waals surface area contributed by atoms with Gasteiger partial charge >= 0.3 is 0 Å². The molecular formula is C13H26N2O2. The van der Waals surface area contributed by atoms with Crippen LogP contribution in [0.1, 0.15) is 32.1 Å². The van der Waals surface area contributed by atoms with Crippen LogP contribution < -0.4 is 5.73 Å². The van der Waals surface area contributed by atoms with E-state index in [4.69, 9.17) is 10.5 Å². The van der Waals surface area contributed by atoms with Crippen LogP contribution >= 0.6 is 0 Å². The number of amides is 1. The zero-order valence-corrected chi connectivity index (χ0v) is 11.2. The summed E-state index contributed by atoms with van der Waals surface area (Å²) in [5, 5.41) is 0. The Morgan fingerprint density at radius 2 is 2.18 bits per heavy atom. The first-order valence-corrected chi connectivity index (χ1v) is 6.23. The molecule has 0 saturated carbocycles. The van der Waals surface area contributed by atoms with Gasteiger partial charge in [0, 0.05) is 27.2 Å². The van der Waals surface area contributed by atoms with Crippen molar-refractivity contribution < 1.29 is 9.53 Å². The number of allylic oxidation sites excluding steroid dienone is 1. The Morgan fingerprint density at radius 3 is 2.71 bits per heavy atom. The van der Waals surface area contributed by atoms with Crippen LogP contribution in [0, 0.1) is 0 Å². The van der Waals surface area contributed by atoms with Crippen LogP contribution in [0.4, 0.5) is 0 Å². The van der Waals surface area contributed by atoms with Gasteiger partial charge in [-0.1, -0.05) is 12.5 Å². The van der Waals surface area contributed by atoms with Gasteiger partial charge in [0.15, 0.2) is 0 Å². The van der Waals surface area contributed by atoms with Crippen molar-refractivity contribution in [2.75, 3.05) is 27.2 Å². The maximum atomic E-state index is 11.8.